The van der Waals surface area contributed by atoms with Crippen molar-refractivity contribution in [1.82, 2.24) is 9.88 Å². The average Bonchev–Trinajstić information content (AvgIpc) is 3.06. The van der Waals surface area contributed by atoms with Gasteiger partial charge in [-0.25, -0.2) is 13.1 Å². The van der Waals surface area contributed by atoms with Gasteiger partial charge in [-0.1, -0.05) is 24.2 Å². The number of para-hydroxylation sites is 1. The van der Waals surface area contributed by atoms with Gasteiger partial charge in [0.05, 0.1) is 0 Å². The molecule has 1 aliphatic carbocycles. The van der Waals surface area contributed by atoms with Crippen LogP contribution in [0.1, 0.15) is 31.9 Å². The third kappa shape index (κ3) is 3.64. The number of aromatic nitrogens is 1. The van der Waals surface area contributed by atoms with Crippen molar-refractivity contribution in [2.24, 2.45) is 0 Å². The normalized spacial score (nSPS) is 22.4. The van der Waals surface area contributed by atoms with Crippen LogP contribution >= 0.6 is 11.8 Å². The van der Waals surface area contributed by atoms with E-state index in [2.05, 4.69) is 16.8 Å². The molecule has 0 radical (unpaired) electrons. The third-order valence-electron chi connectivity index (χ3n) is 3.91. The predicted molar refractivity (Wildman–Crippen MR) is 89.3 cm³/mol. The van der Waals surface area contributed by atoms with Crippen LogP contribution in [0.4, 0.5) is 0 Å². The molecule has 1 saturated carbocycles. The van der Waals surface area contributed by atoms with Crippen LogP contribution in [0.3, 0.4) is 0 Å². The number of fused-ring (bicyclic) bond motifs is 1. The van der Waals surface area contributed by atoms with Crippen LogP contribution in [0.25, 0.3) is 11.0 Å². The fraction of sp³-hybridized carbons (Fsp3) is 0.533. The van der Waals surface area contributed by atoms with E-state index in [1.165, 1.54) is 0 Å². The van der Waals surface area contributed by atoms with Crippen molar-refractivity contribution in [3.05, 3.63) is 30.0 Å². The molecule has 1 aliphatic rings. The molecule has 0 saturated heterocycles. The summed E-state index contributed by atoms with van der Waals surface area (Å²) in [6.07, 6.45) is 2.91. The highest BCUT2D eigenvalue weighted by molar-refractivity contribution is 7.99. The van der Waals surface area contributed by atoms with Crippen molar-refractivity contribution in [2.45, 2.75) is 43.2 Å². The summed E-state index contributed by atoms with van der Waals surface area (Å²) in [5.74, 6) is 0.946. The maximum atomic E-state index is 12.4. The summed E-state index contributed by atoms with van der Waals surface area (Å²) >= 11 is 1.91. The van der Waals surface area contributed by atoms with Crippen molar-refractivity contribution >= 4 is 32.8 Å². The topological polar surface area (TPSA) is 72.2 Å². The Morgan fingerprint density at radius 3 is 3.00 bits per heavy atom. The van der Waals surface area contributed by atoms with Gasteiger partial charge in [0.15, 0.2) is 5.58 Å². The molecule has 1 heterocycles. The maximum absolute atomic E-state index is 12.4. The smallest absolute Gasteiger partial charge is 0.217 e. The largest absolute Gasteiger partial charge is 0.356 e. The minimum atomic E-state index is -3.40. The summed E-state index contributed by atoms with van der Waals surface area (Å²) < 4.78 is 32.7. The van der Waals surface area contributed by atoms with Crippen molar-refractivity contribution in [3.8, 4) is 0 Å². The molecule has 120 valence electrons. The van der Waals surface area contributed by atoms with E-state index in [0.29, 0.717) is 16.5 Å². The second-order valence-electron chi connectivity index (χ2n) is 5.59. The Balaban J connectivity index is 1.67. The highest BCUT2D eigenvalue weighted by atomic mass is 32.2. The Bertz CT molecular complexity index is 742. The van der Waals surface area contributed by atoms with Crippen LogP contribution in [0, 0.1) is 0 Å². The lowest BCUT2D eigenvalue weighted by Gasteiger charge is -2.12. The van der Waals surface area contributed by atoms with Gasteiger partial charge in [-0.2, -0.15) is 11.8 Å². The fourth-order valence-electron chi connectivity index (χ4n) is 2.95. The summed E-state index contributed by atoms with van der Waals surface area (Å²) in [5.41, 5.74) is 1.09. The zero-order valence-electron chi connectivity index (χ0n) is 12.5. The average molecular weight is 340 g/mol. The number of benzene rings is 1. The molecule has 1 fully saturated rings. The Morgan fingerprint density at radius 2 is 2.18 bits per heavy atom. The zero-order chi connectivity index (χ0) is 15.6. The van der Waals surface area contributed by atoms with E-state index in [4.69, 9.17) is 4.52 Å². The van der Waals surface area contributed by atoms with E-state index >= 15 is 0 Å². The lowest BCUT2D eigenvalue weighted by Crippen LogP contribution is -2.34. The lowest BCUT2D eigenvalue weighted by atomic mass is 10.2. The summed E-state index contributed by atoms with van der Waals surface area (Å²) in [6.45, 7) is 2.14. The van der Waals surface area contributed by atoms with E-state index in [1.54, 1.807) is 6.07 Å². The van der Waals surface area contributed by atoms with E-state index in [-0.39, 0.29) is 11.8 Å². The van der Waals surface area contributed by atoms with Gasteiger partial charge >= 0.3 is 0 Å². The fourth-order valence-corrected chi connectivity index (χ4v) is 5.47. The molecule has 0 bridgehead atoms. The van der Waals surface area contributed by atoms with Gasteiger partial charge < -0.3 is 4.52 Å². The van der Waals surface area contributed by atoms with Gasteiger partial charge in [0.1, 0.15) is 11.4 Å². The van der Waals surface area contributed by atoms with Crippen LogP contribution in [0.15, 0.2) is 28.8 Å². The summed E-state index contributed by atoms with van der Waals surface area (Å²) in [5, 5.41) is 5.24. The van der Waals surface area contributed by atoms with Crippen molar-refractivity contribution in [2.75, 3.05) is 5.75 Å². The molecule has 0 unspecified atom stereocenters. The Kier molecular flexibility index (Phi) is 4.75. The van der Waals surface area contributed by atoms with Gasteiger partial charge in [0, 0.05) is 16.7 Å². The lowest BCUT2D eigenvalue weighted by molar-refractivity contribution is 0.448. The van der Waals surface area contributed by atoms with Crippen molar-refractivity contribution in [3.63, 3.8) is 0 Å². The van der Waals surface area contributed by atoms with E-state index in [0.717, 1.165) is 30.4 Å². The van der Waals surface area contributed by atoms with Crippen LogP contribution in [-0.4, -0.2) is 30.6 Å². The molecule has 2 atom stereocenters. The van der Waals surface area contributed by atoms with Crippen LogP contribution in [0.5, 0.6) is 0 Å². The van der Waals surface area contributed by atoms with Crippen LogP contribution in [-0.2, 0) is 15.8 Å². The SMILES string of the molecule is CCS[C@@H]1CC[C@@H](NS(=O)(=O)Cc2noc3ccccc23)C1. The highest BCUT2D eigenvalue weighted by Gasteiger charge is 2.28. The summed E-state index contributed by atoms with van der Waals surface area (Å²) in [7, 11) is -3.40. The first kappa shape index (κ1) is 15.8. The molecule has 0 amide bonds. The van der Waals surface area contributed by atoms with Crippen molar-refractivity contribution < 1.29 is 12.9 Å². The van der Waals surface area contributed by atoms with Gasteiger partial charge in [-0.05, 0) is 37.1 Å². The molecule has 7 heteroatoms. The molecule has 0 spiro atoms. The third-order valence-corrected chi connectivity index (χ3v) is 6.49. The number of sulfonamides is 1. The second kappa shape index (κ2) is 6.60. The minimum Gasteiger partial charge on any atom is -0.356 e. The monoisotopic (exact) mass is 340 g/mol. The molecular formula is C15H20N2O3S2. The first-order valence-electron chi connectivity index (χ1n) is 7.52. The van der Waals surface area contributed by atoms with Crippen molar-refractivity contribution in [1.29, 1.82) is 0 Å². The molecule has 5 nitrogen and oxygen atoms in total. The molecule has 2 aromatic rings. The van der Waals surface area contributed by atoms with Gasteiger partial charge in [0.25, 0.3) is 0 Å². The molecule has 1 N–H and O–H groups in total. The first-order chi connectivity index (χ1) is 10.6. The Hall–Kier alpha value is -1.05. The number of thioether (sulfide) groups is 1. The minimum absolute atomic E-state index is 0.0483. The quantitative estimate of drug-likeness (QED) is 0.875. The Morgan fingerprint density at radius 1 is 1.36 bits per heavy atom. The zero-order valence-corrected chi connectivity index (χ0v) is 14.1. The van der Waals surface area contributed by atoms with Gasteiger partial charge in [-0.15, -0.1) is 0 Å². The van der Waals surface area contributed by atoms with Gasteiger partial charge in [-0.3, -0.25) is 0 Å². The van der Waals surface area contributed by atoms with E-state index in [9.17, 15) is 8.42 Å². The molecular weight excluding hydrogens is 320 g/mol. The first-order valence-corrected chi connectivity index (χ1v) is 10.2. The van der Waals surface area contributed by atoms with Crippen LogP contribution < -0.4 is 4.72 Å². The van der Waals surface area contributed by atoms with Crippen LogP contribution in [0.2, 0.25) is 0 Å². The highest BCUT2D eigenvalue weighted by Crippen LogP contribution is 2.30. The number of hydrogen-bond acceptors (Lipinski definition) is 5. The molecule has 3 rings (SSSR count). The molecule has 0 aliphatic heterocycles. The Labute approximate surface area is 134 Å². The maximum Gasteiger partial charge on any atom is 0.217 e. The molecule has 22 heavy (non-hydrogen) atoms. The standard InChI is InChI=1S/C15H20N2O3S2/c1-2-21-12-8-7-11(9-12)17-22(18,19)10-14-13-5-3-4-6-15(13)20-16-14/h3-6,11-12,17H,2,7-10H2,1H3/t11-,12-/m1/s1. The van der Waals surface area contributed by atoms with E-state index < -0.39 is 10.0 Å². The number of rotatable bonds is 6. The number of nitrogens with zero attached hydrogens (tertiary/aromatic N) is 1. The summed E-state index contributed by atoms with van der Waals surface area (Å²) in [4.78, 5) is 0. The number of nitrogens with one attached hydrogen (secondary N) is 1. The summed E-state index contributed by atoms with van der Waals surface area (Å²) in [6, 6.07) is 7.36. The second-order valence-corrected chi connectivity index (χ2v) is 8.92. The van der Waals surface area contributed by atoms with Gasteiger partial charge in [0.2, 0.25) is 10.0 Å². The predicted octanol–water partition coefficient (Wildman–Crippen LogP) is 2.92. The van der Waals surface area contributed by atoms with E-state index in [1.807, 2.05) is 30.0 Å². The number of hydrogen-bond donors (Lipinski definition) is 1. The molecule has 1 aromatic heterocycles. The molecule has 1 aromatic carbocycles.